The lowest BCUT2D eigenvalue weighted by molar-refractivity contribution is -0.137. The van der Waals surface area contributed by atoms with Gasteiger partial charge < -0.3 is 9.73 Å². The molecule has 36 heavy (non-hydrogen) atoms. The number of oxazole rings is 1. The second kappa shape index (κ2) is 11.2. The number of nitrogens with zero attached hydrogens (tertiary/aromatic N) is 3. The number of pyridine rings is 1. The van der Waals surface area contributed by atoms with Gasteiger partial charge in [-0.05, 0) is 35.7 Å². The van der Waals surface area contributed by atoms with Crippen LogP contribution in [0.4, 0.5) is 13.2 Å². The Morgan fingerprint density at radius 1 is 0.972 bits per heavy atom. The minimum Gasteiger partial charge on any atom is -0.447 e. The lowest BCUT2D eigenvalue weighted by Crippen LogP contribution is -2.24. The maximum absolute atomic E-state index is 13.2. The van der Waals surface area contributed by atoms with Crippen LogP contribution in [0.3, 0.4) is 0 Å². The fourth-order valence-electron chi connectivity index (χ4n) is 3.80. The summed E-state index contributed by atoms with van der Waals surface area (Å²) in [6.45, 7) is 3.18. The van der Waals surface area contributed by atoms with Crippen LogP contribution in [0.15, 0.2) is 83.7 Å². The van der Waals surface area contributed by atoms with Crippen molar-refractivity contribution in [3.63, 3.8) is 0 Å². The smallest absolute Gasteiger partial charge is 0.416 e. The highest BCUT2D eigenvalue weighted by molar-refractivity contribution is 5.91. The third kappa shape index (κ3) is 7.02. The molecule has 0 spiro atoms. The molecule has 0 aliphatic carbocycles. The van der Waals surface area contributed by atoms with Gasteiger partial charge in [0.05, 0.1) is 12.1 Å². The number of alkyl halides is 3. The maximum Gasteiger partial charge on any atom is 0.416 e. The van der Waals surface area contributed by atoms with E-state index in [1.165, 1.54) is 12.3 Å². The zero-order valence-corrected chi connectivity index (χ0v) is 19.6. The molecule has 0 saturated carbocycles. The van der Waals surface area contributed by atoms with Crippen LogP contribution in [0, 0.1) is 6.92 Å². The summed E-state index contributed by atoms with van der Waals surface area (Å²) >= 11 is 0. The highest BCUT2D eigenvalue weighted by Crippen LogP contribution is 2.30. The van der Waals surface area contributed by atoms with Crippen molar-refractivity contribution in [2.45, 2.75) is 39.3 Å². The van der Waals surface area contributed by atoms with Crippen molar-refractivity contribution in [2.24, 2.45) is 0 Å². The van der Waals surface area contributed by atoms with E-state index in [4.69, 9.17) is 4.42 Å². The Balaban J connectivity index is 1.48. The van der Waals surface area contributed by atoms with E-state index in [0.717, 1.165) is 28.8 Å². The molecule has 0 saturated heterocycles. The molecule has 1 amide bonds. The Morgan fingerprint density at radius 3 is 2.39 bits per heavy atom. The van der Waals surface area contributed by atoms with E-state index in [9.17, 15) is 18.0 Å². The molecule has 0 unspecified atom stereocenters. The number of carbonyl (C=O) groups excluding carboxylic acids is 1. The molecule has 6 nitrogen and oxygen atoms in total. The normalized spacial score (nSPS) is 11.6. The van der Waals surface area contributed by atoms with Crippen LogP contribution in [-0.2, 0) is 32.4 Å². The number of halogens is 3. The van der Waals surface area contributed by atoms with E-state index in [0.29, 0.717) is 24.5 Å². The Morgan fingerprint density at radius 2 is 1.69 bits per heavy atom. The Bertz CT molecular complexity index is 1310. The SMILES string of the molecule is Cc1cccc(CN(Cc2cccc(C(F)(F)F)c2)Cc2nc(C(=O)NCc3cccnc3)co2)c1. The van der Waals surface area contributed by atoms with Gasteiger partial charge in [0, 0.05) is 32.0 Å². The van der Waals surface area contributed by atoms with Gasteiger partial charge in [-0.2, -0.15) is 13.2 Å². The van der Waals surface area contributed by atoms with Gasteiger partial charge in [-0.1, -0.05) is 54.1 Å². The molecule has 4 aromatic rings. The number of hydrogen-bond donors (Lipinski definition) is 1. The fraction of sp³-hybridized carbons (Fsp3) is 0.222. The average Bonchev–Trinajstić information content (AvgIpc) is 3.31. The van der Waals surface area contributed by atoms with E-state index in [1.54, 1.807) is 24.5 Å². The van der Waals surface area contributed by atoms with Crippen molar-refractivity contribution in [3.8, 4) is 0 Å². The molecule has 9 heteroatoms. The molecule has 0 aliphatic rings. The van der Waals surface area contributed by atoms with Gasteiger partial charge in [-0.3, -0.25) is 14.7 Å². The largest absolute Gasteiger partial charge is 0.447 e. The van der Waals surface area contributed by atoms with Crippen LogP contribution in [0.2, 0.25) is 0 Å². The molecular weight excluding hydrogens is 469 g/mol. The average molecular weight is 495 g/mol. The monoisotopic (exact) mass is 494 g/mol. The van der Waals surface area contributed by atoms with E-state index in [2.05, 4.69) is 15.3 Å². The third-order valence-corrected chi connectivity index (χ3v) is 5.47. The topological polar surface area (TPSA) is 71.3 Å². The molecule has 0 fully saturated rings. The number of amides is 1. The molecular formula is C27H25F3N4O2. The first-order valence-corrected chi connectivity index (χ1v) is 11.3. The quantitative estimate of drug-likeness (QED) is 0.331. The van der Waals surface area contributed by atoms with Crippen molar-refractivity contribution in [1.29, 1.82) is 0 Å². The maximum atomic E-state index is 13.2. The summed E-state index contributed by atoms with van der Waals surface area (Å²) in [4.78, 5) is 22.7. The number of aryl methyl sites for hydroxylation is 1. The number of aromatic nitrogens is 2. The molecule has 0 aliphatic heterocycles. The second-order valence-electron chi connectivity index (χ2n) is 8.50. The van der Waals surface area contributed by atoms with Crippen LogP contribution in [0.5, 0.6) is 0 Å². The van der Waals surface area contributed by atoms with Crippen molar-refractivity contribution in [2.75, 3.05) is 0 Å². The predicted octanol–water partition coefficient (Wildman–Crippen LogP) is 5.53. The van der Waals surface area contributed by atoms with Crippen LogP contribution in [0.1, 0.15) is 44.2 Å². The molecule has 186 valence electrons. The second-order valence-corrected chi connectivity index (χ2v) is 8.50. The number of carbonyl (C=O) groups is 1. The van der Waals surface area contributed by atoms with Gasteiger partial charge in [-0.15, -0.1) is 0 Å². The standard InChI is InChI=1S/C27H25F3N4O2/c1-19-5-2-6-20(11-19)15-34(16-21-7-3-9-23(12-21)27(28,29)30)17-25-33-24(18-36-25)26(35)32-14-22-8-4-10-31-13-22/h2-13,18H,14-17H2,1H3,(H,32,35). The number of hydrogen-bond acceptors (Lipinski definition) is 5. The summed E-state index contributed by atoms with van der Waals surface area (Å²) in [6.07, 6.45) is 0.170. The molecule has 2 aromatic heterocycles. The summed E-state index contributed by atoms with van der Waals surface area (Å²) in [7, 11) is 0. The lowest BCUT2D eigenvalue weighted by atomic mass is 10.1. The van der Waals surface area contributed by atoms with Crippen LogP contribution >= 0.6 is 0 Å². The molecule has 0 radical (unpaired) electrons. The third-order valence-electron chi connectivity index (χ3n) is 5.47. The Labute approximate surface area is 206 Å². The van der Waals surface area contributed by atoms with Gasteiger partial charge in [0.25, 0.3) is 5.91 Å². The van der Waals surface area contributed by atoms with Gasteiger partial charge in [0.2, 0.25) is 5.89 Å². The molecule has 4 rings (SSSR count). The fourth-order valence-corrected chi connectivity index (χ4v) is 3.80. The van der Waals surface area contributed by atoms with E-state index in [-0.39, 0.29) is 18.8 Å². The highest BCUT2D eigenvalue weighted by atomic mass is 19.4. The van der Waals surface area contributed by atoms with E-state index in [1.807, 2.05) is 42.2 Å². The molecule has 2 heterocycles. The first-order chi connectivity index (χ1) is 17.3. The Kier molecular flexibility index (Phi) is 7.80. The van der Waals surface area contributed by atoms with Crippen LogP contribution in [0.25, 0.3) is 0 Å². The van der Waals surface area contributed by atoms with Crippen molar-refractivity contribution in [1.82, 2.24) is 20.2 Å². The molecule has 0 atom stereocenters. The van der Waals surface area contributed by atoms with Crippen molar-refractivity contribution < 1.29 is 22.4 Å². The molecule has 1 N–H and O–H groups in total. The van der Waals surface area contributed by atoms with Gasteiger partial charge in [0.15, 0.2) is 5.69 Å². The van der Waals surface area contributed by atoms with Crippen LogP contribution in [-0.4, -0.2) is 20.8 Å². The van der Waals surface area contributed by atoms with Gasteiger partial charge in [0.1, 0.15) is 6.26 Å². The van der Waals surface area contributed by atoms with Gasteiger partial charge in [-0.25, -0.2) is 4.98 Å². The summed E-state index contributed by atoms with van der Waals surface area (Å²) < 4.78 is 45.2. The Hall–Kier alpha value is -3.98. The van der Waals surface area contributed by atoms with Gasteiger partial charge >= 0.3 is 6.18 Å². The van der Waals surface area contributed by atoms with E-state index < -0.39 is 17.6 Å². The summed E-state index contributed by atoms with van der Waals surface area (Å²) in [5.74, 6) is -0.0990. The number of nitrogens with one attached hydrogen (secondary N) is 1. The first-order valence-electron chi connectivity index (χ1n) is 11.3. The molecule has 0 bridgehead atoms. The van der Waals surface area contributed by atoms with Crippen molar-refractivity contribution >= 4 is 5.91 Å². The number of benzene rings is 2. The minimum absolute atomic E-state index is 0.128. The predicted molar refractivity (Wildman–Crippen MR) is 127 cm³/mol. The first kappa shape index (κ1) is 25.1. The summed E-state index contributed by atoms with van der Waals surface area (Å²) in [5.41, 5.74) is 2.87. The highest BCUT2D eigenvalue weighted by Gasteiger charge is 2.30. The molecule has 2 aromatic carbocycles. The minimum atomic E-state index is -4.42. The van der Waals surface area contributed by atoms with E-state index >= 15 is 0 Å². The number of rotatable bonds is 9. The zero-order chi connectivity index (χ0) is 25.5. The summed E-state index contributed by atoms with van der Waals surface area (Å²) in [6, 6.07) is 16.8. The lowest BCUT2D eigenvalue weighted by Gasteiger charge is -2.22. The zero-order valence-electron chi connectivity index (χ0n) is 19.6. The van der Waals surface area contributed by atoms with Crippen LogP contribution < -0.4 is 5.32 Å². The summed E-state index contributed by atoms with van der Waals surface area (Å²) in [5, 5.41) is 2.77. The van der Waals surface area contributed by atoms with Crippen molar-refractivity contribution in [3.05, 3.63) is 119 Å².